The Bertz CT molecular complexity index is 615. The Hall–Kier alpha value is -1.45. The van der Waals surface area contributed by atoms with Crippen molar-refractivity contribution in [2.24, 2.45) is 5.92 Å². The Kier molecular flexibility index (Phi) is 2.61. The van der Waals surface area contributed by atoms with Gasteiger partial charge >= 0.3 is 0 Å². The molecule has 0 radical (unpaired) electrons. The van der Waals surface area contributed by atoms with Crippen molar-refractivity contribution in [3.8, 4) is 0 Å². The van der Waals surface area contributed by atoms with Crippen molar-refractivity contribution in [3.63, 3.8) is 0 Å². The largest absolute Gasteiger partial charge is 0.356 e. The fourth-order valence-electron chi connectivity index (χ4n) is 2.90. The van der Waals surface area contributed by atoms with Gasteiger partial charge in [0, 0.05) is 17.1 Å². The molecule has 0 bridgehead atoms. The first kappa shape index (κ1) is 11.6. The number of aryl methyl sites for hydroxylation is 1. The average Bonchev–Trinajstić information content (AvgIpc) is 2.75. The lowest BCUT2D eigenvalue weighted by Crippen LogP contribution is -2.12. The molecule has 1 aliphatic rings. The second-order valence-electron chi connectivity index (χ2n) is 5.00. The summed E-state index contributed by atoms with van der Waals surface area (Å²) in [5, 5.41) is 0.112. The van der Waals surface area contributed by atoms with Gasteiger partial charge in [-0.2, -0.15) is 0 Å². The van der Waals surface area contributed by atoms with Crippen molar-refractivity contribution in [1.82, 2.24) is 4.98 Å². The summed E-state index contributed by atoms with van der Waals surface area (Å²) in [6, 6.07) is 0.608. The van der Waals surface area contributed by atoms with Crippen molar-refractivity contribution in [2.45, 2.75) is 32.6 Å². The summed E-state index contributed by atoms with van der Waals surface area (Å²) in [7, 11) is 0. The van der Waals surface area contributed by atoms with E-state index >= 15 is 0 Å². The number of nitrogens with one attached hydrogen (secondary N) is 1. The van der Waals surface area contributed by atoms with Gasteiger partial charge in [-0.3, -0.25) is 0 Å². The van der Waals surface area contributed by atoms with E-state index in [1.54, 1.807) is 0 Å². The molecule has 0 saturated heterocycles. The number of aromatic nitrogens is 1. The molecule has 1 N–H and O–H groups in total. The highest BCUT2D eigenvalue weighted by Crippen LogP contribution is 2.35. The first-order chi connectivity index (χ1) is 8.61. The minimum atomic E-state index is -1.11. The summed E-state index contributed by atoms with van der Waals surface area (Å²) in [5.74, 6) is -2.28. The molecule has 3 rings (SSSR count). The summed E-state index contributed by atoms with van der Waals surface area (Å²) in [6.07, 6.45) is 3.50. The maximum absolute atomic E-state index is 13.9. The van der Waals surface area contributed by atoms with E-state index in [1.807, 2.05) is 0 Å². The number of H-pyrrole nitrogens is 1. The quantitative estimate of drug-likeness (QED) is 0.736. The number of hydrogen-bond acceptors (Lipinski definition) is 0. The van der Waals surface area contributed by atoms with Crippen LogP contribution in [0, 0.1) is 23.4 Å². The van der Waals surface area contributed by atoms with Crippen molar-refractivity contribution in [1.29, 1.82) is 0 Å². The zero-order valence-corrected chi connectivity index (χ0v) is 10.1. The molecule has 0 saturated carbocycles. The number of halogens is 3. The molecule has 1 nitrogen and oxygen atoms in total. The minimum Gasteiger partial charge on any atom is -0.356 e. The van der Waals surface area contributed by atoms with Gasteiger partial charge in [0.15, 0.2) is 11.6 Å². The van der Waals surface area contributed by atoms with E-state index in [4.69, 9.17) is 0 Å². The molecular formula is C14H14F3N. The van der Waals surface area contributed by atoms with Crippen LogP contribution in [0.5, 0.6) is 0 Å². The van der Waals surface area contributed by atoms with Crippen molar-refractivity contribution in [2.75, 3.05) is 0 Å². The Balaban J connectivity index is 2.28. The Morgan fingerprint density at radius 1 is 1.28 bits per heavy atom. The van der Waals surface area contributed by atoms with E-state index in [0.29, 0.717) is 18.4 Å². The standard InChI is InChI=1S/C14H14F3N/c1-2-7-3-4-11-8(5-7)12-13(17)9(15)6-10(16)14(12)18-11/h6-7,18H,2-5H2,1H3. The van der Waals surface area contributed by atoms with Gasteiger partial charge in [-0.25, -0.2) is 13.2 Å². The molecule has 2 aromatic rings. The van der Waals surface area contributed by atoms with Crippen LogP contribution in [-0.2, 0) is 12.8 Å². The smallest absolute Gasteiger partial charge is 0.168 e. The summed E-state index contributed by atoms with van der Waals surface area (Å²) in [5.41, 5.74) is 1.73. The third-order valence-electron chi connectivity index (χ3n) is 3.99. The van der Waals surface area contributed by atoms with Gasteiger partial charge in [0.1, 0.15) is 5.82 Å². The molecule has 96 valence electrons. The van der Waals surface area contributed by atoms with Crippen LogP contribution in [0.2, 0.25) is 0 Å². The second kappa shape index (κ2) is 4.04. The summed E-state index contributed by atoms with van der Waals surface area (Å²) >= 11 is 0. The number of rotatable bonds is 1. The molecule has 4 heteroatoms. The van der Waals surface area contributed by atoms with Crippen molar-refractivity contribution < 1.29 is 13.2 Å². The van der Waals surface area contributed by atoms with E-state index in [-0.39, 0.29) is 10.9 Å². The van der Waals surface area contributed by atoms with E-state index in [1.165, 1.54) is 0 Å². The number of benzene rings is 1. The predicted molar refractivity (Wildman–Crippen MR) is 64.0 cm³/mol. The topological polar surface area (TPSA) is 15.8 Å². The van der Waals surface area contributed by atoms with E-state index in [2.05, 4.69) is 11.9 Å². The van der Waals surface area contributed by atoms with Gasteiger partial charge < -0.3 is 4.98 Å². The van der Waals surface area contributed by atoms with Gasteiger partial charge in [0.05, 0.1) is 5.52 Å². The molecule has 0 amide bonds. The van der Waals surface area contributed by atoms with Crippen LogP contribution in [0.25, 0.3) is 10.9 Å². The van der Waals surface area contributed by atoms with Crippen LogP contribution in [0.3, 0.4) is 0 Å². The van der Waals surface area contributed by atoms with Gasteiger partial charge in [0.25, 0.3) is 0 Å². The molecule has 1 aliphatic carbocycles. The highest BCUT2D eigenvalue weighted by Gasteiger charge is 2.26. The van der Waals surface area contributed by atoms with Gasteiger partial charge in [0.2, 0.25) is 0 Å². The third kappa shape index (κ3) is 1.55. The SMILES string of the molecule is CCC1CCc2[nH]c3c(F)cc(F)c(F)c3c2C1. The second-order valence-corrected chi connectivity index (χ2v) is 5.00. The Morgan fingerprint density at radius 2 is 2.06 bits per heavy atom. The Labute approximate surface area is 103 Å². The summed E-state index contributed by atoms with van der Waals surface area (Å²) in [6.45, 7) is 2.09. The van der Waals surface area contributed by atoms with E-state index in [9.17, 15) is 13.2 Å². The van der Waals surface area contributed by atoms with Crippen LogP contribution in [-0.4, -0.2) is 4.98 Å². The van der Waals surface area contributed by atoms with Crippen LogP contribution >= 0.6 is 0 Å². The molecular weight excluding hydrogens is 239 g/mol. The highest BCUT2D eigenvalue weighted by molar-refractivity contribution is 5.86. The van der Waals surface area contributed by atoms with Gasteiger partial charge in [-0.05, 0) is 30.7 Å². The zero-order valence-electron chi connectivity index (χ0n) is 10.1. The summed E-state index contributed by atoms with van der Waals surface area (Å²) in [4.78, 5) is 2.92. The third-order valence-corrected chi connectivity index (χ3v) is 3.99. The predicted octanol–water partition coefficient (Wildman–Crippen LogP) is 4.10. The summed E-state index contributed by atoms with van der Waals surface area (Å²) < 4.78 is 40.8. The molecule has 1 aromatic heterocycles. The first-order valence-corrected chi connectivity index (χ1v) is 6.28. The van der Waals surface area contributed by atoms with Crippen LogP contribution in [0.4, 0.5) is 13.2 Å². The number of aromatic amines is 1. The molecule has 1 unspecified atom stereocenters. The molecule has 18 heavy (non-hydrogen) atoms. The minimum absolute atomic E-state index is 0.107. The number of hydrogen-bond donors (Lipinski definition) is 1. The monoisotopic (exact) mass is 253 g/mol. The molecule has 1 heterocycles. The average molecular weight is 253 g/mol. The maximum atomic E-state index is 13.9. The van der Waals surface area contributed by atoms with Crippen molar-refractivity contribution in [3.05, 3.63) is 34.8 Å². The van der Waals surface area contributed by atoms with Gasteiger partial charge in [-0.15, -0.1) is 0 Å². The zero-order chi connectivity index (χ0) is 12.9. The fourth-order valence-corrected chi connectivity index (χ4v) is 2.90. The van der Waals surface area contributed by atoms with Crippen molar-refractivity contribution >= 4 is 10.9 Å². The molecule has 0 fully saturated rings. The lowest BCUT2D eigenvalue weighted by Gasteiger charge is -2.20. The molecule has 1 aromatic carbocycles. The van der Waals surface area contributed by atoms with Crippen LogP contribution in [0.1, 0.15) is 31.0 Å². The molecule has 0 aliphatic heterocycles. The van der Waals surface area contributed by atoms with E-state index < -0.39 is 17.5 Å². The fraction of sp³-hybridized carbons (Fsp3) is 0.429. The maximum Gasteiger partial charge on any atom is 0.168 e. The normalized spacial score (nSPS) is 19.2. The molecule has 0 spiro atoms. The lowest BCUT2D eigenvalue weighted by molar-refractivity contribution is 0.443. The first-order valence-electron chi connectivity index (χ1n) is 6.28. The van der Waals surface area contributed by atoms with Crippen LogP contribution in [0.15, 0.2) is 6.07 Å². The molecule has 1 atom stereocenters. The highest BCUT2D eigenvalue weighted by atomic mass is 19.2. The lowest BCUT2D eigenvalue weighted by atomic mass is 9.85. The Morgan fingerprint density at radius 3 is 2.78 bits per heavy atom. The van der Waals surface area contributed by atoms with Crippen LogP contribution < -0.4 is 0 Å². The van der Waals surface area contributed by atoms with E-state index in [0.717, 1.165) is 30.5 Å². The van der Waals surface area contributed by atoms with Gasteiger partial charge in [-0.1, -0.05) is 13.3 Å². The number of fused-ring (bicyclic) bond motifs is 3.